The third-order valence-electron chi connectivity index (χ3n) is 1.30. The van der Waals surface area contributed by atoms with Gasteiger partial charge in [0.25, 0.3) is 0 Å². The average Bonchev–Trinajstić information content (AvgIpc) is 2.38. The second kappa shape index (κ2) is 8.65. The molecule has 12 heavy (non-hydrogen) atoms. The zero-order valence-electron chi connectivity index (χ0n) is 6.86. The van der Waals surface area contributed by atoms with Crippen LogP contribution in [0.2, 0.25) is 0 Å². The molecule has 0 saturated heterocycles. The van der Waals surface area contributed by atoms with Crippen LogP contribution in [-0.4, -0.2) is 30.1 Å². The van der Waals surface area contributed by atoms with Crippen LogP contribution in [0.3, 0.4) is 0 Å². The molecule has 1 aliphatic rings. The zero-order valence-corrected chi connectivity index (χ0v) is 12.3. The predicted octanol–water partition coefficient (Wildman–Crippen LogP) is 2.62. The molecule has 0 aromatic rings. The molecule has 0 aliphatic carbocycles. The van der Waals surface area contributed by atoms with Crippen molar-refractivity contribution < 1.29 is 8.46 Å². The summed E-state index contributed by atoms with van der Waals surface area (Å²) in [6.07, 6.45) is 6.04. The molecule has 0 fully saturated rings. The van der Waals surface area contributed by atoms with Gasteiger partial charge in [-0.1, -0.05) is 6.08 Å². The normalized spacial score (nSPS) is 14.6. The Kier molecular flexibility index (Phi) is 9.41. The van der Waals surface area contributed by atoms with Crippen LogP contribution in [0, 0.1) is 0 Å². The summed E-state index contributed by atoms with van der Waals surface area (Å²) in [6.45, 7) is 5.59. The predicted molar refractivity (Wildman–Crippen MR) is 66.7 cm³/mol. The van der Waals surface area contributed by atoms with Gasteiger partial charge in [0.2, 0.25) is 0 Å². The molecule has 5 heteroatoms. The Balaban J connectivity index is 0.000000354. The van der Waals surface area contributed by atoms with E-state index >= 15 is 0 Å². The van der Waals surface area contributed by atoms with E-state index in [2.05, 4.69) is 76.5 Å². The molecule has 0 N–H and O–H groups in total. The Morgan fingerprint density at radius 1 is 1.58 bits per heavy atom. The first kappa shape index (κ1) is 13.1. The van der Waals surface area contributed by atoms with Gasteiger partial charge in [-0.15, -0.1) is 6.58 Å². The van der Waals surface area contributed by atoms with Crippen LogP contribution in [0.25, 0.3) is 0 Å². The maximum absolute atomic E-state index is 3.66. The van der Waals surface area contributed by atoms with Gasteiger partial charge in [0.15, 0.2) is 0 Å². The standard InChI is InChI=1S/C7H12N2.Fe.2HI/c1-3-4-9-6-5-8(2)7-9;;;/h3,5-6H,1,4,7H2,2H3;;2*1H/q;+2;;/p-2. The van der Waals surface area contributed by atoms with Crippen molar-refractivity contribution in [2.24, 2.45) is 0 Å². The molecular formula is C7H12FeI2N2. The van der Waals surface area contributed by atoms with Gasteiger partial charge in [0, 0.05) is 26.0 Å². The number of rotatable bonds is 2. The summed E-state index contributed by atoms with van der Waals surface area (Å²) in [5, 5.41) is 0. The molecule has 1 aliphatic heterocycles. The quantitative estimate of drug-likeness (QED) is 0.375. The topological polar surface area (TPSA) is 6.48 Å². The van der Waals surface area contributed by atoms with E-state index in [1.54, 1.807) is 0 Å². The molecule has 0 saturated carbocycles. The van der Waals surface area contributed by atoms with Crippen LogP contribution >= 0.6 is 40.7 Å². The van der Waals surface area contributed by atoms with Gasteiger partial charge in [-0.25, -0.2) is 0 Å². The number of hydrogen-bond donors (Lipinski definition) is 0. The van der Waals surface area contributed by atoms with Crippen molar-refractivity contribution in [3.8, 4) is 0 Å². The minimum absolute atomic E-state index is 0.945. The molecule has 1 rings (SSSR count). The summed E-state index contributed by atoms with van der Waals surface area (Å²) in [5.74, 6) is 0. The monoisotopic (exact) mass is 434 g/mol. The van der Waals surface area contributed by atoms with E-state index < -0.39 is 0 Å². The van der Waals surface area contributed by atoms with Crippen LogP contribution in [0.1, 0.15) is 0 Å². The van der Waals surface area contributed by atoms with E-state index in [9.17, 15) is 0 Å². The van der Waals surface area contributed by atoms with Crippen LogP contribution in [0.15, 0.2) is 25.1 Å². The van der Waals surface area contributed by atoms with Gasteiger partial charge in [-0.2, -0.15) is 0 Å². The molecule has 0 spiro atoms. The Bertz CT molecular complexity index is 152. The third kappa shape index (κ3) is 6.56. The van der Waals surface area contributed by atoms with Crippen molar-refractivity contribution in [2.75, 3.05) is 20.3 Å². The van der Waals surface area contributed by atoms with Gasteiger partial charge in [0.05, 0.1) is 6.67 Å². The van der Waals surface area contributed by atoms with Gasteiger partial charge in [-0.3, -0.25) is 0 Å². The molecule has 72 valence electrons. The van der Waals surface area contributed by atoms with E-state index in [4.69, 9.17) is 0 Å². The van der Waals surface area contributed by atoms with Crippen molar-refractivity contribution in [3.05, 3.63) is 25.1 Å². The molecule has 0 radical (unpaired) electrons. The number of nitrogens with zero attached hydrogens (tertiary/aromatic N) is 2. The van der Waals surface area contributed by atoms with Gasteiger partial charge >= 0.3 is 49.1 Å². The SMILES string of the molecule is C=CCN1C=CN(C)C1.[I][Fe][I]. The van der Waals surface area contributed by atoms with E-state index in [0.29, 0.717) is 0 Å². The molecule has 0 atom stereocenters. The fourth-order valence-electron chi connectivity index (χ4n) is 0.873. The summed E-state index contributed by atoms with van der Waals surface area (Å²) >= 11 is 4.55. The average molecular weight is 434 g/mol. The van der Waals surface area contributed by atoms with Crippen molar-refractivity contribution in [1.82, 2.24) is 9.80 Å². The van der Waals surface area contributed by atoms with E-state index in [0.717, 1.165) is 13.2 Å². The first-order chi connectivity index (χ1) is 5.74. The van der Waals surface area contributed by atoms with E-state index in [1.807, 2.05) is 6.08 Å². The van der Waals surface area contributed by atoms with Gasteiger partial charge < -0.3 is 9.80 Å². The second-order valence-corrected chi connectivity index (χ2v) is 11.6. The van der Waals surface area contributed by atoms with E-state index in [-0.39, 0.29) is 0 Å². The van der Waals surface area contributed by atoms with Crippen LogP contribution < -0.4 is 0 Å². The van der Waals surface area contributed by atoms with Gasteiger partial charge in [-0.05, 0) is 0 Å². The Hall–Kier alpha value is 1.06. The molecule has 2 nitrogen and oxygen atoms in total. The second-order valence-electron chi connectivity index (χ2n) is 2.31. The fraction of sp³-hybridized carbons (Fsp3) is 0.429. The van der Waals surface area contributed by atoms with Crippen molar-refractivity contribution >= 4 is 40.7 Å². The Morgan fingerprint density at radius 3 is 2.50 bits per heavy atom. The summed E-state index contributed by atoms with van der Waals surface area (Å²) in [5.41, 5.74) is 0. The maximum atomic E-state index is 3.66. The molecule has 0 aromatic carbocycles. The molecular weight excluding hydrogens is 422 g/mol. The van der Waals surface area contributed by atoms with Gasteiger partial charge in [0.1, 0.15) is 0 Å². The molecule has 0 bridgehead atoms. The van der Waals surface area contributed by atoms with Crippen LogP contribution in [0.5, 0.6) is 0 Å². The molecule has 0 unspecified atom stereocenters. The Morgan fingerprint density at radius 2 is 2.17 bits per heavy atom. The fourth-order valence-corrected chi connectivity index (χ4v) is 0.873. The molecule has 1 heterocycles. The molecule has 0 aromatic heterocycles. The van der Waals surface area contributed by atoms with Crippen molar-refractivity contribution in [2.45, 2.75) is 0 Å². The van der Waals surface area contributed by atoms with E-state index in [1.165, 1.54) is 8.46 Å². The Labute approximate surface area is 103 Å². The third-order valence-corrected chi connectivity index (χ3v) is 1.30. The summed E-state index contributed by atoms with van der Waals surface area (Å²) in [7, 11) is 3.25. The summed E-state index contributed by atoms with van der Waals surface area (Å²) in [4.78, 5) is 4.32. The van der Waals surface area contributed by atoms with Crippen molar-refractivity contribution in [1.29, 1.82) is 0 Å². The number of hydrogen-bond acceptors (Lipinski definition) is 2. The summed E-state index contributed by atoms with van der Waals surface area (Å²) < 4.78 is 0. The first-order valence-corrected chi connectivity index (χ1v) is 10.5. The number of halogens is 2. The first-order valence-electron chi connectivity index (χ1n) is 3.33. The van der Waals surface area contributed by atoms with Crippen LogP contribution in [-0.2, 0) is 8.46 Å². The minimum atomic E-state index is 0.945. The summed E-state index contributed by atoms with van der Waals surface area (Å²) in [6, 6.07) is 0. The zero-order chi connectivity index (χ0) is 9.40. The molecule has 0 amide bonds. The van der Waals surface area contributed by atoms with Crippen LogP contribution in [0.4, 0.5) is 0 Å². The van der Waals surface area contributed by atoms with Crippen molar-refractivity contribution in [3.63, 3.8) is 0 Å².